The van der Waals surface area contributed by atoms with E-state index in [9.17, 15) is 0 Å². The standard InChI is InChI=1S/C16H18BrN5S.HI/c1-18-15(21(2)10-12-3-5-13(17)6-4-12)19-9-14-11-22-7-8-23-16(22)20-14;/h3-8,11H,9-10H2,1-2H3,(H,18,19);1H. The highest BCUT2D eigenvalue weighted by molar-refractivity contribution is 14.0. The second-order valence-electron chi connectivity index (χ2n) is 5.21. The lowest BCUT2D eigenvalue weighted by molar-refractivity contribution is 0.476. The van der Waals surface area contributed by atoms with Crippen LogP contribution in [0.5, 0.6) is 0 Å². The maximum Gasteiger partial charge on any atom is 0.194 e. The zero-order valence-electron chi connectivity index (χ0n) is 13.4. The SMILES string of the molecule is CN=C(NCc1cn2ccsc2n1)N(C)Cc1ccc(Br)cc1.I. The van der Waals surface area contributed by atoms with Crippen LogP contribution in [0.4, 0.5) is 0 Å². The summed E-state index contributed by atoms with van der Waals surface area (Å²) in [6.45, 7) is 1.46. The molecule has 0 aliphatic heterocycles. The molecule has 128 valence electrons. The van der Waals surface area contributed by atoms with Gasteiger partial charge >= 0.3 is 0 Å². The Hall–Kier alpha value is -1.13. The zero-order chi connectivity index (χ0) is 16.2. The molecule has 0 saturated carbocycles. The molecule has 0 bridgehead atoms. The molecule has 0 aliphatic carbocycles. The number of thiazole rings is 1. The van der Waals surface area contributed by atoms with E-state index in [4.69, 9.17) is 0 Å². The van der Waals surface area contributed by atoms with Gasteiger partial charge in [-0.15, -0.1) is 35.3 Å². The summed E-state index contributed by atoms with van der Waals surface area (Å²) in [4.78, 5) is 12.0. The minimum atomic E-state index is 0. The summed E-state index contributed by atoms with van der Waals surface area (Å²) in [6.07, 6.45) is 4.06. The van der Waals surface area contributed by atoms with Crippen LogP contribution in [-0.2, 0) is 13.1 Å². The summed E-state index contributed by atoms with van der Waals surface area (Å²) in [5.74, 6) is 0.851. The van der Waals surface area contributed by atoms with Crippen LogP contribution in [0.15, 0.2) is 51.5 Å². The molecule has 0 atom stereocenters. The minimum absolute atomic E-state index is 0. The van der Waals surface area contributed by atoms with Crippen molar-refractivity contribution in [3.8, 4) is 0 Å². The first kappa shape index (κ1) is 19.2. The number of nitrogens with zero attached hydrogens (tertiary/aromatic N) is 4. The van der Waals surface area contributed by atoms with E-state index in [1.54, 1.807) is 18.4 Å². The predicted octanol–water partition coefficient (Wildman–Crippen LogP) is 3.98. The number of fused-ring (bicyclic) bond motifs is 1. The summed E-state index contributed by atoms with van der Waals surface area (Å²) >= 11 is 5.10. The Labute approximate surface area is 171 Å². The quantitative estimate of drug-likeness (QED) is 0.322. The van der Waals surface area contributed by atoms with Gasteiger partial charge in [0.2, 0.25) is 0 Å². The number of guanidine groups is 1. The van der Waals surface area contributed by atoms with Crippen molar-refractivity contribution in [3.05, 3.63) is 57.8 Å². The largest absolute Gasteiger partial charge is 0.351 e. The third kappa shape index (κ3) is 4.70. The molecule has 1 aromatic carbocycles. The fourth-order valence-electron chi connectivity index (χ4n) is 2.35. The number of hydrogen-bond acceptors (Lipinski definition) is 3. The Bertz CT molecular complexity index is 783. The summed E-state index contributed by atoms with van der Waals surface area (Å²) in [6, 6.07) is 8.32. The Morgan fingerprint density at radius 2 is 2.12 bits per heavy atom. The summed E-state index contributed by atoms with van der Waals surface area (Å²) in [7, 11) is 3.83. The number of hydrogen-bond donors (Lipinski definition) is 1. The van der Waals surface area contributed by atoms with Crippen LogP contribution < -0.4 is 5.32 Å². The molecule has 2 aromatic heterocycles. The highest BCUT2D eigenvalue weighted by atomic mass is 127. The summed E-state index contributed by atoms with van der Waals surface area (Å²) in [5.41, 5.74) is 2.25. The van der Waals surface area contributed by atoms with Gasteiger partial charge in [-0.05, 0) is 17.7 Å². The van der Waals surface area contributed by atoms with Crippen molar-refractivity contribution in [2.45, 2.75) is 13.1 Å². The first-order chi connectivity index (χ1) is 11.2. The van der Waals surface area contributed by atoms with Crippen molar-refractivity contribution >= 4 is 62.2 Å². The molecule has 5 nitrogen and oxygen atoms in total. The topological polar surface area (TPSA) is 44.9 Å². The first-order valence-electron chi connectivity index (χ1n) is 7.23. The zero-order valence-corrected chi connectivity index (χ0v) is 18.2. The van der Waals surface area contributed by atoms with Gasteiger partial charge in [-0.25, -0.2) is 4.98 Å². The molecule has 24 heavy (non-hydrogen) atoms. The lowest BCUT2D eigenvalue weighted by Crippen LogP contribution is -2.38. The van der Waals surface area contributed by atoms with Crippen LogP contribution in [0.1, 0.15) is 11.3 Å². The molecule has 0 radical (unpaired) electrons. The van der Waals surface area contributed by atoms with Crippen molar-refractivity contribution in [2.75, 3.05) is 14.1 Å². The second kappa shape index (κ2) is 8.82. The lowest BCUT2D eigenvalue weighted by atomic mass is 10.2. The normalized spacial score (nSPS) is 11.4. The van der Waals surface area contributed by atoms with Crippen LogP contribution in [0.2, 0.25) is 0 Å². The van der Waals surface area contributed by atoms with E-state index in [0.29, 0.717) is 6.54 Å². The Morgan fingerprint density at radius 1 is 1.38 bits per heavy atom. The van der Waals surface area contributed by atoms with E-state index in [1.807, 2.05) is 29.2 Å². The van der Waals surface area contributed by atoms with Gasteiger partial charge in [0, 0.05) is 42.9 Å². The molecule has 0 amide bonds. The van der Waals surface area contributed by atoms with Gasteiger partial charge in [-0.2, -0.15) is 0 Å². The molecule has 3 rings (SSSR count). The van der Waals surface area contributed by atoms with Crippen LogP contribution in [-0.4, -0.2) is 34.3 Å². The molecule has 1 N–H and O–H groups in total. The van der Waals surface area contributed by atoms with Crippen LogP contribution in [0.3, 0.4) is 0 Å². The van der Waals surface area contributed by atoms with Crippen molar-refractivity contribution in [1.29, 1.82) is 0 Å². The summed E-state index contributed by atoms with van der Waals surface area (Å²) < 4.78 is 3.13. The number of aliphatic imine (C=N–C) groups is 1. The highest BCUT2D eigenvalue weighted by Crippen LogP contribution is 2.13. The summed E-state index contributed by atoms with van der Waals surface area (Å²) in [5, 5.41) is 5.40. The average molecular weight is 520 g/mol. The van der Waals surface area contributed by atoms with Crippen LogP contribution >= 0.6 is 51.2 Å². The van der Waals surface area contributed by atoms with Gasteiger partial charge < -0.3 is 10.2 Å². The van der Waals surface area contributed by atoms with E-state index < -0.39 is 0 Å². The van der Waals surface area contributed by atoms with Crippen molar-refractivity contribution in [2.24, 2.45) is 4.99 Å². The van der Waals surface area contributed by atoms with Crippen molar-refractivity contribution in [3.63, 3.8) is 0 Å². The highest BCUT2D eigenvalue weighted by Gasteiger charge is 2.08. The van der Waals surface area contributed by atoms with E-state index in [-0.39, 0.29) is 24.0 Å². The maximum absolute atomic E-state index is 4.57. The number of nitrogens with one attached hydrogen (secondary N) is 1. The Balaban J connectivity index is 0.00000208. The van der Waals surface area contributed by atoms with Gasteiger partial charge in [-0.1, -0.05) is 28.1 Å². The molecule has 0 unspecified atom stereocenters. The van der Waals surface area contributed by atoms with Gasteiger partial charge in [0.1, 0.15) is 0 Å². The van der Waals surface area contributed by atoms with Crippen LogP contribution in [0, 0.1) is 0 Å². The number of aromatic nitrogens is 2. The number of rotatable bonds is 4. The van der Waals surface area contributed by atoms with Crippen molar-refractivity contribution in [1.82, 2.24) is 19.6 Å². The second-order valence-corrected chi connectivity index (χ2v) is 7.00. The van der Waals surface area contributed by atoms with Gasteiger partial charge in [-0.3, -0.25) is 9.39 Å². The molecule has 0 fully saturated rings. The molecule has 0 aliphatic rings. The molecular formula is C16H19BrIN5S. The molecule has 2 heterocycles. The Morgan fingerprint density at radius 3 is 2.79 bits per heavy atom. The van der Waals surface area contributed by atoms with E-state index in [2.05, 4.69) is 60.4 Å². The first-order valence-corrected chi connectivity index (χ1v) is 8.90. The van der Waals surface area contributed by atoms with E-state index in [0.717, 1.165) is 27.6 Å². The van der Waals surface area contributed by atoms with Crippen LogP contribution in [0.25, 0.3) is 4.96 Å². The number of halogens is 2. The Kier molecular flexibility index (Phi) is 7.05. The average Bonchev–Trinajstić information content (AvgIpc) is 3.11. The fraction of sp³-hybridized carbons (Fsp3) is 0.250. The predicted molar refractivity (Wildman–Crippen MR) is 114 cm³/mol. The van der Waals surface area contributed by atoms with E-state index >= 15 is 0 Å². The van der Waals surface area contributed by atoms with Gasteiger partial charge in [0.15, 0.2) is 10.9 Å². The van der Waals surface area contributed by atoms with Crippen molar-refractivity contribution < 1.29 is 0 Å². The third-order valence-electron chi connectivity index (χ3n) is 3.48. The van der Waals surface area contributed by atoms with Gasteiger partial charge in [0.25, 0.3) is 0 Å². The van der Waals surface area contributed by atoms with E-state index in [1.165, 1.54) is 5.56 Å². The molecule has 0 saturated heterocycles. The number of imidazole rings is 1. The molecule has 3 aromatic rings. The monoisotopic (exact) mass is 519 g/mol. The molecule has 8 heteroatoms. The maximum atomic E-state index is 4.57. The van der Waals surface area contributed by atoms with Gasteiger partial charge in [0.05, 0.1) is 12.2 Å². The minimum Gasteiger partial charge on any atom is -0.351 e. The molecular weight excluding hydrogens is 501 g/mol. The molecule has 0 spiro atoms. The fourth-order valence-corrected chi connectivity index (χ4v) is 3.34. The number of benzene rings is 1. The third-order valence-corrected chi connectivity index (χ3v) is 4.78. The lowest BCUT2D eigenvalue weighted by Gasteiger charge is -2.22. The smallest absolute Gasteiger partial charge is 0.194 e.